The fraction of sp³-hybridized carbons (Fsp3) is 0.429. The second-order valence-electron chi connectivity index (χ2n) is 9.65. The molecular formula is C28H30N2O5. The van der Waals surface area contributed by atoms with Gasteiger partial charge in [-0.2, -0.15) is 5.10 Å². The average molecular weight is 475 g/mol. The highest BCUT2D eigenvalue weighted by atomic mass is 16.5. The summed E-state index contributed by atoms with van der Waals surface area (Å²) >= 11 is 0. The van der Waals surface area contributed by atoms with Crippen LogP contribution in [0.2, 0.25) is 0 Å². The van der Waals surface area contributed by atoms with E-state index in [1.807, 2.05) is 54.6 Å². The van der Waals surface area contributed by atoms with Gasteiger partial charge in [0.2, 0.25) is 0 Å². The molecule has 0 N–H and O–H groups in total. The summed E-state index contributed by atoms with van der Waals surface area (Å²) in [5.74, 6) is -0.0850. The van der Waals surface area contributed by atoms with Gasteiger partial charge in [-0.1, -0.05) is 48.9 Å². The van der Waals surface area contributed by atoms with Gasteiger partial charge < -0.3 is 9.47 Å². The van der Waals surface area contributed by atoms with E-state index in [-0.39, 0.29) is 42.3 Å². The zero-order chi connectivity index (χ0) is 24.4. The van der Waals surface area contributed by atoms with Crippen LogP contribution >= 0.6 is 0 Å². The quantitative estimate of drug-likeness (QED) is 0.583. The molecule has 1 amide bonds. The summed E-state index contributed by atoms with van der Waals surface area (Å²) in [7, 11) is 1.61. The van der Waals surface area contributed by atoms with Gasteiger partial charge in [-0.15, -0.1) is 0 Å². The highest BCUT2D eigenvalue weighted by Crippen LogP contribution is 2.40. The molecule has 7 heteroatoms. The van der Waals surface area contributed by atoms with E-state index in [9.17, 15) is 14.4 Å². The minimum Gasteiger partial charge on any atom is -0.497 e. The topological polar surface area (TPSA) is 85.3 Å². The van der Waals surface area contributed by atoms with Gasteiger partial charge in [0.05, 0.1) is 24.8 Å². The molecule has 2 saturated carbocycles. The molecule has 2 aromatic rings. The van der Waals surface area contributed by atoms with Crippen LogP contribution in [0.5, 0.6) is 5.75 Å². The van der Waals surface area contributed by atoms with Gasteiger partial charge in [0, 0.05) is 18.3 Å². The number of ether oxygens (including phenoxy) is 2. The molecule has 0 saturated heterocycles. The molecule has 182 valence electrons. The van der Waals surface area contributed by atoms with Crippen LogP contribution < -0.4 is 4.74 Å². The normalized spacial score (nSPS) is 25.7. The van der Waals surface area contributed by atoms with Crippen LogP contribution in [0.4, 0.5) is 0 Å². The van der Waals surface area contributed by atoms with Gasteiger partial charge >= 0.3 is 5.97 Å². The number of benzene rings is 2. The van der Waals surface area contributed by atoms with Crippen molar-refractivity contribution in [2.75, 3.05) is 13.7 Å². The van der Waals surface area contributed by atoms with Crippen LogP contribution in [0.3, 0.4) is 0 Å². The van der Waals surface area contributed by atoms with Crippen LogP contribution in [0.1, 0.15) is 55.7 Å². The van der Waals surface area contributed by atoms with Crippen molar-refractivity contribution in [3.05, 3.63) is 65.7 Å². The number of Topliss-reactive ketones (excluding diaryl/α,β-unsaturated/α-hetero) is 1. The summed E-state index contributed by atoms with van der Waals surface area (Å²) in [6.07, 6.45) is 4.39. The molecule has 0 radical (unpaired) electrons. The molecule has 2 bridgehead atoms. The molecule has 35 heavy (non-hydrogen) atoms. The molecule has 7 nitrogen and oxygen atoms in total. The molecule has 0 unspecified atom stereocenters. The van der Waals surface area contributed by atoms with Gasteiger partial charge in [0.25, 0.3) is 5.91 Å². The summed E-state index contributed by atoms with van der Waals surface area (Å²) < 4.78 is 10.8. The SMILES string of the molecule is COc1ccc([C@@H]2CC(c3ccccc3)=NN2C(=O)COC(=O)C2C[C@@H]3CCC[C@@H](C2)C3=O)cc1. The molecule has 0 aromatic heterocycles. The smallest absolute Gasteiger partial charge is 0.309 e. The predicted molar refractivity (Wildman–Crippen MR) is 130 cm³/mol. The number of ketones is 1. The number of nitrogens with zero attached hydrogens (tertiary/aromatic N) is 2. The number of esters is 1. The van der Waals surface area contributed by atoms with E-state index in [2.05, 4.69) is 5.10 Å². The van der Waals surface area contributed by atoms with Crippen molar-refractivity contribution >= 4 is 23.4 Å². The van der Waals surface area contributed by atoms with Crippen molar-refractivity contribution in [2.24, 2.45) is 22.9 Å². The maximum Gasteiger partial charge on any atom is 0.309 e. The molecule has 1 aliphatic heterocycles. The lowest BCUT2D eigenvalue weighted by Crippen LogP contribution is -2.40. The molecule has 3 aliphatic rings. The molecule has 1 heterocycles. The number of hydrazone groups is 1. The molecular weight excluding hydrogens is 444 g/mol. The van der Waals surface area contributed by atoms with Crippen molar-refractivity contribution in [1.82, 2.24) is 5.01 Å². The van der Waals surface area contributed by atoms with Gasteiger partial charge in [-0.3, -0.25) is 14.4 Å². The van der Waals surface area contributed by atoms with E-state index >= 15 is 0 Å². The number of fused-ring (bicyclic) bond motifs is 2. The number of hydrogen-bond donors (Lipinski definition) is 0. The lowest BCUT2D eigenvalue weighted by atomic mass is 9.67. The molecule has 3 atom stereocenters. The summed E-state index contributed by atoms with van der Waals surface area (Å²) in [6.45, 7) is -0.364. The first-order valence-electron chi connectivity index (χ1n) is 12.3. The number of carbonyl (C=O) groups excluding carboxylic acids is 3. The zero-order valence-electron chi connectivity index (χ0n) is 19.9. The predicted octanol–water partition coefficient (Wildman–Crippen LogP) is 4.31. The average Bonchev–Trinajstić information content (AvgIpc) is 3.33. The van der Waals surface area contributed by atoms with Crippen LogP contribution in [-0.2, 0) is 19.1 Å². The van der Waals surface area contributed by atoms with E-state index < -0.39 is 0 Å². The van der Waals surface area contributed by atoms with Crippen LogP contribution in [0.15, 0.2) is 59.7 Å². The van der Waals surface area contributed by atoms with E-state index in [4.69, 9.17) is 9.47 Å². The summed E-state index contributed by atoms with van der Waals surface area (Å²) in [6, 6.07) is 17.0. The summed E-state index contributed by atoms with van der Waals surface area (Å²) in [5.41, 5.74) is 2.69. The van der Waals surface area contributed by atoms with Crippen molar-refractivity contribution < 1.29 is 23.9 Å². The van der Waals surface area contributed by atoms with Gasteiger partial charge in [-0.05, 0) is 48.9 Å². The number of rotatable bonds is 6. The van der Waals surface area contributed by atoms with Crippen LogP contribution in [-0.4, -0.2) is 42.1 Å². The van der Waals surface area contributed by atoms with Gasteiger partial charge in [0.15, 0.2) is 6.61 Å². The lowest BCUT2D eigenvalue weighted by molar-refractivity contribution is -0.159. The highest BCUT2D eigenvalue weighted by Gasteiger charge is 2.42. The largest absolute Gasteiger partial charge is 0.497 e. The van der Waals surface area contributed by atoms with Crippen molar-refractivity contribution in [1.29, 1.82) is 0 Å². The number of carbonyl (C=O) groups is 3. The van der Waals surface area contributed by atoms with E-state index in [0.717, 1.165) is 41.9 Å². The standard InChI is InChI=1S/C28H30N2O5/c1-34-23-12-10-19(11-13-23)25-16-24(18-6-3-2-4-7-18)29-30(25)26(31)17-35-28(33)22-14-20-8-5-9-21(15-22)27(20)32/h2-4,6-7,10-13,20-22,25H,5,8-9,14-17H2,1H3/t20-,21-,25-/m0/s1. The number of hydrogen-bond acceptors (Lipinski definition) is 6. The minimum absolute atomic E-state index is 0.0354. The Morgan fingerprint density at radius 1 is 1.00 bits per heavy atom. The van der Waals surface area contributed by atoms with Crippen LogP contribution in [0.25, 0.3) is 0 Å². The second kappa shape index (κ2) is 10.0. The van der Waals surface area contributed by atoms with E-state index in [1.165, 1.54) is 5.01 Å². The fourth-order valence-corrected chi connectivity index (χ4v) is 5.62. The minimum atomic E-state index is -0.379. The third-order valence-corrected chi connectivity index (χ3v) is 7.49. The zero-order valence-corrected chi connectivity index (χ0v) is 19.9. The molecule has 5 rings (SSSR count). The van der Waals surface area contributed by atoms with Gasteiger partial charge in [0.1, 0.15) is 11.5 Å². The molecule has 2 fully saturated rings. The van der Waals surface area contributed by atoms with Crippen molar-refractivity contribution in [3.63, 3.8) is 0 Å². The third kappa shape index (κ3) is 4.85. The maximum atomic E-state index is 13.2. The number of methoxy groups -OCH3 is 1. The Bertz CT molecular complexity index is 1110. The number of amides is 1. The molecule has 2 aliphatic carbocycles. The Morgan fingerprint density at radius 2 is 1.69 bits per heavy atom. The van der Waals surface area contributed by atoms with Crippen LogP contribution in [0, 0.1) is 17.8 Å². The Morgan fingerprint density at radius 3 is 2.34 bits per heavy atom. The van der Waals surface area contributed by atoms with Crippen molar-refractivity contribution in [3.8, 4) is 5.75 Å². The monoisotopic (exact) mass is 474 g/mol. The summed E-state index contributed by atoms with van der Waals surface area (Å²) in [4.78, 5) is 38.4. The Balaban J connectivity index is 1.29. The third-order valence-electron chi connectivity index (χ3n) is 7.49. The Labute approximate surface area is 205 Å². The van der Waals surface area contributed by atoms with E-state index in [1.54, 1.807) is 7.11 Å². The van der Waals surface area contributed by atoms with Gasteiger partial charge in [-0.25, -0.2) is 5.01 Å². The first-order chi connectivity index (χ1) is 17.0. The first-order valence-corrected chi connectivity index (χ1v) is 12.3. The Kier molecular flexibility index (Phi) is 6.66. The molecule has 2 aromatic carbocycles. The second-order valence-corrected chi connectivity index (χ2v) is 9.65. The first kappa shape index (κ1) is 23.3. The lowest BCUT2D eigenvalue weighted by Gasteiger charge is -2.36. The highest BCUT2D eigenvalue weighted by molar-refractivity contribution is 6.03. The maximum absolute atomic E-state index is 13.2. The van der Waals surface area contributed by atoms with E-state index in [0.29, 0.717) is 25.0 Å². The summed E-state index contributed by atoms with van der Waals surface area (Å²) in [5, 5.41) is 6.08. The molecule has 0 spiro atoms. The van der Waals surface area contributed by atoms with Crippen molar-refractivity contribution in [2.45, 2.75) is 44.6 Å². The fourth-order valence-electron chi connectivity index (χ4n) is 5.62. The Hall–Kier alpha value is -3.48.